The second-order valence-corrected chi connectivity index (χ2v) is 5.62. The Labute approximate surface area is 139 Å². The maximum atomic E-state index is 11.5. The predicted molar refractivity (Wildman–Crippen MR) is 91.6 cm³/mol. The van der Waals surface area contributed by atoms with E-state index < -0.39 is 18.6 Å². The van der Waals surface area contributed by atoms with Crippen LogP contribution in [0.1, 0.15) is 11.3 Å². The van der Waals surface area contributed by atoms with Crippen molar-refractivity contribution in [1.82, 2.24) is 14.6 Å². The third kappa shape index (κ3) is 2.81. The van der Waals surface area contributed by atoms with Crippen LogP contribution in [0.4, 0.5) is 5.82 Å². The fourth-order valence-corrected chi connectivity index (χ4v) is 2.47. The van der Waals surface area contributed by atoms with Crippen LogP contribution in [-0.2, 0) is 4.79 Å². The maximum absolute atomic E-state index is 11.5. The normalized spacial score (nSPS) is 12.3. The van der Waals surface area contributed by atoms with Crippen LogP contribution >= 0.6 is 0 Å². The molecule has 0 unspecified atom stereocenters. The van der Waals surface area contributed by atoms with Gasteiger partial charge in [0.2, 0.25) is 5.91 Å². The molecule has 0 bridgehead atoms. The summed E-state index contributed by atoms with van der Waals surface area (Å²) in [5.41, 5.74) is 9.50. The molecule has 0 fully saturated rings. The van der Waals surface area contributed by atoms with E-state index in [1.807, 2.05) is 44.2 Å². The minimum Gasteiger partial charge on any atom is -0.394 e. The van der Waals surface area contributed by atoms with Crippen molar-refractivity contribution in [2.24, 2.45) is 5.73 Å². The van der Waals surface area contributed by atoms with Crippen LogP contribution in [-0.4, -0.2) is 38.3 Å². The van der Waals surface area contributed by atoms with Gasteiger partial charge in [-0.15, -0.1) is 0 Å². The number of benzene rings is 1. The van der Waals surface area contributed by atoms with Crippen molar-refractivity contribution in [3.8, 4) is 11.3 Å². The van der Waals surface area contributed by atoms with E-state index in [1.54, 1.807) is 10.6 Å². The van der Waals surface area contributed by atoms with Gasteiger partial charge in [-0.05, 0) is 13.8 Å². The Balaban J connectivity index is 2.19. The summed E-state index contributed by atoms with van der Waals surface area (Å²) in [6.45, 7) is 3.44. The molecule has 0 saturated heterocycles. The van der Waals surface area contributed by atoms with Gasteiger partial charge in [0.05, 0.1) is 18.0 Å². The standard InChI is InChI=1S/C17H19N5O2/c1-10-11(2)21-22-15(19-14(9-23)16(18)24)8-13(20-17(10)22)12-6-4-3-5-7-12/h3-8,14,19,23H,9H2,1-2H3,(H2,18,24)/t14-/m0/s1. The first kappa shape index (κ1) is 15.9. The smallest absolute Gasteiger partial charge is 0.242 e. The Morgan fingerprint density at radius 2 is 2.04 bits per heavy atom. The van der Waals surface area contributed by atoms with E-state index in [4.69, 9.17) is 5.73 Å². The highest BCUT2D eigenvalue weighted by Gasteiger charge is 2.18. The van der Waals surface area contributed by atoms with Crippen LogP contribution in [0.5, 0.6) is 0 Å². The Morgan fingerprint density at radius 1 is 1.33 bits per heavy atom. The fourth-order valence-electron chi connectivity index (χ4n) is 2.47. The van der Waals surface area contributed by atoms with E-state index in [0.717, 1.165) is 22.5 Å². The lowest BCUT2D eigenvalue weighted by atomic mass is 10.1. The minimum absolute atomic E-state index is 0.404. The molecule has 0 aliphatic carbocycles. The number of aryl methyl sites for hydroxylation is 2. The molecule has 1 atom stereocenters. The lowest BCUT2D eigenvalue weighted by Gasteiger charge is -2.16. The number of rotatable bonds is 5. The zero-order valence-electron chi connectivity index (χ0n) is 13.5. The molecule has 1 amide bonds. The van der Waals surface area contributed by atoms with Crippen LogP contribution < -0.4 is 11.1 Å². The van der Waals surface area contributed by atoms with Crippen LogP contribution in [0.2, 0.25) is 0 Å². The van der Waals surface area contributed by atoms with Gasteiger partial charge in [0, 0.05) is 17.2 Å². The molecule has 3 aromatic rings. The molecule has 0 aliphatic rings. The topological polar surface area (TPSA) is 106 Å². The molecular weight excluding hydrogens is 306 g/mol. The Bertz CT molecular complexity index is 889. The highest BCUT2D eigenvalue weighted by atomic mass is 16.3. The van der Waals surface area contributed by atoms with Crippen LogP contribution in [0, 0.1) is 13.8 Å². The number of nitrogens with zero attached hydrogens (tertiary/aromatic N) is 3. The highest BCUT2D eigenvalue weighted by Crippen LogP contribution is 2.25. The zero-order chi connectivity index (χ0) is 17.3. The van der Waals surface area contributed by atoms with Gasteiger partial charge in [-0.2, -0.15) is 9.61 Å². The van der Waals surface area contributed by atoms with Crippen molar-refractivity contribution in [1.29, 1.82) is 0 Å². The number of aliphatic hydroxyl groups is 1. The van der Waals surface area contributed by atoms with Crippen LogP contribution in [0.3, 0.4) is 0 Å². The number of hydrogen-bond donors (Lipinski definition) is 3. The van der Waals surface area contributed by atoms with Crippen molar-refractivity contribution in [2.45, 2.75) is 19.9 Å². The van der Waals surface area contributed by atoms with Gasteiger partial charge >= 0.3 is 0 Å². The molecule has 2 aromatic heterocycles. The summed E-state index contributed by atoms with van der Waals surface area (Å²) in [7, 11) is 0. The summed E-state index contributed by atoms with van der Waals surface area (Å²) in [6.07, 6.45) is 0. The third-order valence-electron chi connectivity index (χ3n) is 3.97. The Morgan fingerprint density at radius 3 is 2.67 bits per heavy atom. The number of aliphatic hydroxyl groups excluding tert-OH is 1. The van der Waals surface area contributed by atoms with Gasteiger partial charge in [0.15, 0.2) is 5.65 Å². The van der Waals surface area contributed by atoms with E-state index in [2.05, 4.69) is 15.4 Å². The molecule has 7 heteroatoms. The summed E-state index contributed by atoms with van der Waals surface area (Å²) in [5, 5.41) is 16.8. The van der Waals surface area contributed by atoms with Crippen molar-refractivity contribution < 1.29 is 9.90 Å². The number of anilines is 1. The molecule has 0 radical (unpaired) electrons. The minimum atomic E-state index is -0.899. The average Bonchev–Trinajstić information content (AvgIpc) is 2.88. The molecule has 1 aromatic carbocycles. The van der Waals surface area contributed by atoms with Gasteiger partial charge in [-0.25, -0.2) is 4.98 Å². The number of aromatic nitrogens is 3. The first-order chi connectivity index (χ1) is 11.5. The van der Waals surface area contributed by atoms with Crippen LogP contribution in [0.25, 0.3) is 16.9 Å². The molecule has 4 N–H and O–H groups in total. The fraction of sp³-hybridized carbons (Fsp3) is 0.235. The van der Waals surface area contributed by atoms with E-state index in [1.165, 1.54) is 0 Å². The van der Waals surface area contributed by atoms with E-state index in [-0.39, 0.29) is 0 Å². The van der Waals surface area contributed by atoms with Crippen molar-refractivity contribution in [2.75, 3.05) is 11.9 Å². The summed E-state index contributed by atoms with van der Waals surface area (Å²) in [6, 6.07) is 10.6. The van der Waals surface area contributed by atoms with Crippen molar-refractivity contribution >= 4 is 17.4 Å². The number of primary amides is 1. The van der Waals surface area contributed by atoms with Gasteiger partial charge in [0.25, 0.3) is 0 Å². The van der Waals surface area contributed by atoms with Crippen molar-refractivity contribution in [3.05, 3.63) is 47.7 Å². The second kappa shape index (κ2) is 6.29. The number of nitrogens with one attached hydrogen (secondary N) is 1. The molecule has 2 heterocycles. The number of carbonyl (C=O) groups excluding carboxylic acids is 1. The monoisotopic (exact) mass is 325 g/mol. The number of carbonyl (C=O) groups is 1. The summed E-state index contributed by atoms with van der Waals surface area (Å²) in [5.74, 6) is -0.0859. The molecule has 0 saturated carbocycles. The first-order valence-corrected chi connectivity index (χ1v) is 7.60. The number of hydrogen-bond acceptors (Lipinski definition) is 5. The van der Waals surface area contributed by atoms with Gasteiger partial charge in [-0.1, -0.05) is 30.3 Å². The molecule has 124 valence electrons. The molecule has 0 spiro atoms. The summed E-state index contributed by atoms with van der Waals surface area (Å²) < 4.78 is 1.63. The van der Waals surface area contributed by atoms with E-state index >= 15 is 0 Å². The predicted octanol–water partition coefficient (Wildman–Crippen LogP) is 1.27. The Kier molecular flexibility index (Phi) is 4.18. The third-order valence-corrected chi connectivity index (χ3v) is 3.97. The SMILES string of the molecule is Cc1nn2c(N[C@@H](CO)C(N)=O)cc(-c3ccccc3)nc2c1C. The largest absolute Gasteiger partial charge is 0.394 e. The van der Waals surface area contributed by atoms with Gasteiger partial charge in [0.1, 0.15) is 11.9 Å². The summed E-state index contributed by atoms with van der Waals surface area (Å²) in [4.78, 5) is 16.1. The van der Waals surface area contributed by atoms with E-state index in [0.29, 0.717) is 11.5 Å². The lowest BCUT2D eigenvalue weighted by molar-refractivity contribution is -0.119. The molecule has 24 heavy (non-hydrogen) atoms. The first-order valence-electron chi connectivity index (χ1n) is 7.60. The Hall–Kier alpha value is -2.93. The number of amides is 1. The lowest BCUT2D eigenvalue weighted by Crippen LogP contribution is -2.39. The average molecular weight is 325 g/mol. The molecule has 3 rings (SSSR count). The quantitative estimate of drug-likeness (QED) is 0.655. The van der Waals surface area contributed by atoms with Crippen molar-refractivity contribution in [3.63, 3.8) is 0 Å². The number of fused-ring (bicyclic) bond motifs is 1. The van der Waals surface area contributed by atoms with Crippen LogP contribution in [0.15, 0.2) is 36.4 Å². The zero-order valence-corrected chi connectivity index (χ0v) is 13.5. The van der Waals surface area contributed by atoms with Gasteiger partial charge < -0.3 is 16.2 Å². The molecule has 0 aliphatic heterocycles. The molecular formula is C17H19N5O2. The van der Waals surface area contributed by atoms with E-state index in [9.17, 15) is 9.90 Å². The second-order valence-electron chi connectivity index (χ2n) is 5.62. The number of nitrogens with two attached hydrogens (primary N) is 1. The van der Waals surface area contributed by atoms with Gasteiger partial charge in [-0.3, -0.25) is 4.79 Å². The summed E-state index contributed by atoms with van der Waals surface area (Å²) >= 11 is 0. The molecule has 7 nitrogen and oxygen atoms in total. The maximum Gasteiger partial charge on any atom is 0.242 e. The highest BCUT2D eigenvalue weighted by molar-refractivity contribution is 5.83.